The van der Waals surface area contributed by atoms with E-state index in [4.69, 9.17) is 5.11 Å². The van der Waals surface area contributed by atoms with Crippen molar-refractivity contribution in [1.82, 2.24) is 0 Å². The second kappa shape index (κ2) is 4.63. The third-order valence-corrected chi connectivity index (χ3v) is 2.00. The van der Waals surface area contributed by atoms with Crippen LogP contribution in [0.4, 0.5) is 0 Å². The molecule has 2 nitrogen and oxygen atoms in total. The summed E-state index contributed by atoms with van der Waals surface area (Å²) in [6.07, 6.45) is 0. The van der Waals surface area contributed by atoms with Crippen molar-refractivity contribution < 1.29 is 27.0 Å². The van der Waals surface area contributed by atoms with E-state index in [2.05, 4.69) is 20.8 Å². The van der Waals surface area contributed by atoms with E-state index in [1.165, 1.54) is 0 Å². The summed E-state index contributed by atoms with van der Waals surface area (Å²) in [7, 11) is 0. The van der Waals surface area contributed by atoms with Crippen LogP contribution in [0.3, 0.4) is 0 Å². The molecular formula is C11H14CuO2. The molecule has 0 saturated heterocycles. The van der Waals surface area contributed by atoms with E-state index < -0.39 is 5.97 Å². The van der Waals surface area contributed by atoms with Crippen molar-refractivity contribution in [2.24, 2.45) is 0 Å². The standard InChI is InChI=1S/C11H14O2.Cu/c1-11(2,3)9-6-4-8(5-7-9)10(12)13;/h4-7H,1-3H3,(H,12,13);. The first-order valence-electron chi connectivity index (χ1n) is 4.25. The van der Waals surface area contributed by atoms with Crippen LogP contribution < -0.4 is 0 Å². The van der Waals surface area contributed by atoms with Gasteiger partial charge in [0.2, 0.25) is 0 Å². The Bertz CT molecular complexity index is 309. The Labute approximate surface area is 94.8 Å². The molecule has 0 unspecified atom stereocenters. The van der Waals surface area contributed by atoms with E-state index in [-0.39, 0.29) is 22.5 Å². The summed E-state index contributed by atoms with van der Waals surface area (Å²) in [5.74, 6) is -0.875. The SMILES string of the molecule is CC(C)(C)c1ccc(C(=O)O)cc1.[Cu]. The smallest absolute Gasteiger partial charge is 0.335 e. The number of carboxylic acid groups (broad SMARTS) is 1. The molecule has 1 rings (SSSR count). The number of carbonyl (C=O) groups is 1. The molecule has 0 heterocycles. The zero-order chi connectivity index (χ0) is 10.1. The largest absolute Gasteiger partial charge is 0.478 e. The first-order chi connectivity index (χ1) is 5.91. The summed E-state index contributed by atoms with van der Waals surface area (Å²) in [5.41, 5.74) is 1.57. The molecule has 1 N–H and O–H groups in total. The molecule has 0 bridgehead atoms. The van der Waals surface area contributed by atoms with Crippen LogP contribution in [-0.2, 0) is 22.5 Å². The van der Waals surface area contributed by atoms with Gasteiger partial charge in [-0.15, -0.1) is 0 Å². The number of aromatic carboxylic acids is 1. The van der Waals surface area contributed by atoms with Gasteiger partial charge in [0, 0.05) is 17.1 Å². The molecule has 0 aliphatic heterocycles. The number of benzene rings is 1. The number of hydrogen-bond acceptors (Lipinski definition) is 1. The Hall–Kier alpha value is -0.791. The fourth-order valence-electron chi connectivity index (χ4n) is 1.11. The van der Waals surface area contributed by atoms with Gasteiger partial charge in [-0.3, -0.25) is 0 Å². The molecule has 0 fully saturated rings. The molecule has 0 saturated carbocycles. The van der Waals surface area contributed by atoms with Crippen LogP contribution >= 0.6 is 0 Å². The van der Waals surface area contributed by atoms with Crippen LogP contribution in [0.25, 0.3) is 0 Å². The fourth-order valence-corrected chi connectivity index (χ4v) is 1.11. The maximum absolute atomic E-state index is 10.6. The molecule has 3 heteroatoms. The van der Waals surface area contributed by atoms with Crippen LogP contribution in [0.2, 0.25) is 0 Å². The van der Waals surface area contributed by atoms with Gasteiger partial charge in [-0.25, -0.2) is 4.79 Å². The van der Waals surface area contributed by atoms with Gasteiger partial charge in [-0.1, -0.05) is 32.9 Å². The number of hydrogen-bond donors (Lipinski definition) is 1. The van der Waals surface area contributed by atoms with Crippen LogP contribution in [0.1, 0.15) is 36.7 Å². The summed E-state index contributed by atoms with van der Waals surface area (Å²) in [4.78, 5) is 10.6. The Balaban J connectivity index is 0.00000169. The topological polar surface area (TPSA) is 37.3 Å². The van der Waals surface area contributed by atoms with Crippen molar-refractivity contribution in [2.45, 2.75) is 26.2 Å². The third kappa shape index (κ3) is 3.17. The molecule has 14 heavy (non-hydrogen) atoms. The van der Waals surface area contributed by atoms with E-state index in [1.54, 1.807) is 12.1 Å². The van der Waals surface area contributed by atoms with E-state index in [1.807, 2.05) is 12.1 Å². The van der Waals surface area contributed by atoms with Gasteiger partial charge >= 0.3 is 5.97 Å². The zero-order valence-electron chi connectivity index (χ0n) is 8.47. The maximum atomic E-state index is 10.6. The van der Waals surface area contributed by atoms with Gasteiger partial charge in [0.15, 0.2) is 0 Å². The van der Waals surface area contributed by atoms with Crippen molar-refractivity contribution in [3.05, 3.63) is 35.4 Å². The molecule has 0 aliphatic carbocycles. The summed E-state index contributed by atoms with van der Waals surface area (Å²) in [6, 6.07) is 7.01. The normalized spacial score (nSPS) is 10.5. The third-order valence-electron chi connectivity index (χ3n) is 2.00. The predicted molar refractivity (Wildman–Crippen MR) is 52.1 cm³/mol. The van der Waals surface area contributed by atoms with E-state index in [9.17, 15) is 4.79 Å². The molecule has 81 valence electrons. The Morgan fingerprint density at radius 1 is 1.14 bits per heavy atom. The number of carboxylic acids is 1. The minimum Gasteiger partial charge on any atom is -0.478 e. The summed E-state index contributed by atoms with van der Waals surface area (Å²) >= 11 is 0. The Morgan fingerprint density at radius 2 is 1.57 bits per heavy atom. The molecule has 1 aromatic rings. The molecule has 0 amide bonds. The predicted octanol–water partition coefficient (Wildman–Crippen LogP) is 2.68. The molecule has 0 aliphatic rings. The maximum Gasteiger partial charge on any atom is 0.335 e. The van der Waals surface area contributed by atoms with E-state index in [0.29, 0.717) is 5.56 Å². The number of rotatable bonds is 1. The average molecular weight is 242 g/mol. The second-order valence-corrected chi connectivity index (χ2v) is 4.13. The molecular weight excluding hydrogens is 228 g/mol. The average Bonchev–Trinajstić information content (AvgIpc) is 2.03. The summed E-state index contributed by atoms with van der Waals surface area (Å²) in [5, 5.41) is 8.68. The monoisotopic (exact) mass is 241 g/mol. The van der Waals surface area contributed by atoms with Gasteiger partial charge < -0.3 is 5.11 Å². The van der Waals surface area contributed by atoms with Gasteiger partial charge in [-0.05, 0) is 23.1 Å². The van der Waals surface area contributed by atoms with E-state index in [0.717, 1.165) is 5.56 Å². The zero-order valence-corrected chi connectivity index (χ0v) is 9.41. The summed E-state index contributed by atoms with van der Waals surface area (Å²) < 4.78 is 0. The van der Waals surface area contributed by atoms with Gasteiger partial charge in [0.05, 0.1) is 5.56 Å². The molecule has 1 radical (unpaired) electrons. The first kappa shape index (κ1) is 13.2. The van der Waals surface area contributed by atoms with Crippen LogP contribution in [-0.4, -0.2) is 11.1 Å². The molecule has 1 aromatic carbocycles. The van der Waals surface area contributed by atoms with Crippen molar-refractivity contribution in [3.63, 3.8) is 0 Å². The van der Waals surface area contributed by atoms with E-state index >= 15 is 0 Å². The van der Waals surface area contributed by atoms with Crippen molar-refractivity contribution in [2.75, 3.05) is 0 Å². The van der Waals surface area contributed by atoms with Gasteiger partial charge in [-0.2, -0.15) is 0 Å². The van der Waals surface area contributed by atoms with Gasteiger partial charge in [0.1, 0.15) is 0 Å². The quantitative estimate of drug-likeness (QED) is 0.768. The minimum atomic E-state index is -0.875. The van der Waals surface area contributed by atoms with Crippen LogP contribution in [0.5, 0.6) is 0 Å². The summed E-state index contributed by atoms with van der Waals surface area (Å²) in [6.45, 7) is 6.30. The Kier molecular flexibility index (Phi) is 4.37. The van der Waals surface area contributed by atoms with Crippen molar-refractivity contribution >= 4 is 5.97 Å². The van der Waals surface area contributed by atoms with Crippen molar-refractivity contribution in [1.29, 1.82) is 0 Å². The Morgan fingerprint density at radius 3 is 1.86 bits per heavy atom. The van der Waals surface area contributed by atoms with Crippen molar-refractivity contribution in [3.8, 4) is 0 Å². The van der Waals surface area contributed by atoms with Crippen LogP contribution in [0.15, 0.2) is 24.3 Å². The minimum absolute atomic E-state index is 0. The fraction of sp³-hybridized carbons (Fsp3) is 0.364. The van der Waals surface area contributed by atoms with Gasteiger partial charge in [0.25, 0.3) is 0 Å². The van der Waals surface area contributed by atoms with Crippen LogP contribution in [0, 0.1) is 0 Å². The molecule has 0 spiro atoms. The second-order valence-electron chi connectivity index (χ2n) is 4.13. The first-order valence-corrected chi connectivity index (χ1v) is 4.25. The molecule has 0 aromatic heterocycles. The molecule has 0 atom stereocenters.